The highest BCUT2D eigenvalue weighted by atomic mass is 35.5. The number of benzene rings is 1. The monoisotopic (exact) mass is 323 g/mol. The summed E-state index contributed by atoms with van der Waals surface area (Å²) in [7, 11) is 0. The smallest absolute Gasteiger partial charge is 0.386 e. The largest absolute Gasteiger partial charge is 0.416 e. The van der Waals surface area contributed by atoms with Gasteiger partial charge in [0.05, 0.1) is 37.6 Å². The molecule has 0 radical (unpaired) electrons. The van der Waals surface area contributed by atoms with E-state index in [1.54, 1.807) is 6.07 Å². The SMILES string of the molecule is O[C@@H](CCl)C[NH+]1CCN(c2cccc(C(F)(F)F)c2)CC1. The predicted octanol–water partition coefficient (Wildman–Crippen LogP) is 1.01. The highest BCUT2D eigenvalue weighted by Gasteiger charge is 2.31. The molecule has 0 bridgehead atoms. The van der Waals surface area contributed by atoms with Crippen LogP contribution in [0.2, 0.25) is 0 Å². The van der Waals surface area contributed by atoms with Crippen LogP contribution in [0, 0.1) is 0 Å². The zero-order valence-corrected chi connectivity index (χ0v) is 12.3. The first-order valence-electron chi connectivity index (χ1n) is 6.90. The molecule has 0 aromatic heterocycles. The molecule has 0 unspecified atom stereocenters. The van der Waals surface area contributed by atoms with Crippen LogP contribution in [0.25, 0.3) is 0 Å². The fourth-order valence-corrected chi connectivity index (χ4v) is 2.66. The van der Waals surface area contributed by atoms with Gasteiger partial charge >= 0.3 is 6.18 Å². The lowest BCUT2D eigenvalue weighted by Gasteiger charge is -2.34. The molecule has 1 aliphatic heterocycles. The minimum atomic E-state index is -4.31. The van der Waals surface area contributed by atoms with Crippen LogP contribution in [0.4, 0.5) is 18.9 Å². The molecule has 0 aliphatic carbocycles. The number of rotatable bonds is 4. The Morgan fingerprint density at radius 2 is 1.95 bits per heavy atom. The van der Waals surface area contributed by atoms with E-state index >= 15 is 0 Å². The third kappa shape index (κ3) is 4.49. The van der Waals surface area contributed by atoms with Gasteiger partial charge in [0.25, 0.3) is 0 Å². The quantitative estimate of drug-likeness (QED) is 0.810. The Bertz CT molecular complexity index is 462. The van der Waals surface area contributed by atoms with Crippen molar-refractivity contribution in [2.45, 2.75) is 12.3 Å². The summed E-state index contributed by atoms with van der Waals surface area (Å²) in [5.74, 6) is 0.209. The molecule has 7 heteroatoms. The predicted molar refractivity (Wildman–Crippen MR) is 75.9 cm³/mol. The lowest BCUT2D eigenvalue weighted by atomic mass is 10.1. The third-order valence-corrected chi connectivity index (χ3v) is 4.07. The van der Waals surface area contributed by atoms with E-state index < -0.39 is 17.8 Å². The first-order chi connectivity index (χ1) is 9.90. The van der Waals surface area contributed by atoms with E-state index in [1.807, 2.05) is 4.90 Å². The van der Waals surface area contributed by atoms with Crippen LogP contribution in [0.5, 0.6) is 0 Å². The summed E-state index contributed by atoms with van der Waals surface area (Å²) in [5, 5.41) is 9.53. The second kappa shape index (κ2) is 6.85. The Hall–Kier alpha value is -0.980. The first kappa shape index (κ1) is 16.4. The summed E-state index contributed by atoms with van der Waals surface area (Å²) < 4.78 is 38.1. The van der Waals surface area contributed by atoms with E-state index in [0.717, 1.165) is 19.2 Å². The summed E-state index contributed by atoms with van der Waals surface area (Å²) in [6.45, 7) is 3.49. The molecule has 1 aromatic rings. The van der Waals surface area contributed by atoms with Crippen molar-refractivity contribution < 1.29 is 23.2 Å². The van der Waals surface area contributed by atoms with Crippen molar-refractivity contribution in [1.29, 1.82) is 0 Å². The number of anilines is 1. The summed E-state index contributed by atoms with van der Waals surface area (Å²) in [4.78, 5) is 3.18. The van der Waals surface area contributed by atoms with Gasteiger partial charge in [-0.15, -0.1) is 11.6 Å². The summed E-state index contributed by atoms with van der Waals surface area (Å²) in [6, 6.07) is 5.42. The van der Waals surface area contributed by atoms with E-state index in [4.69, 9.17) is 11.6 Å². The van der Waals surface area contributed by atoms with Gasteiger partial charge in [-0.2, -0.15) is 13.2 Å². The number of aliphatic hydroxyl groups excluding tert-OH is 1. The van der Waals surface area contributed by atoms with Crippen molar-refractivity contribution in [3.63, 3.8) is 0 Å². The van der Waals surface area contributed by atoms with Gasteiger partial charge in [0.2, 0.25) is 0 Å². The zero-order valence-electron chi connectivity index (χ0n) is 11.5. The van der Waals surface area contributed by atoms with Crippen LogP contribution in [0.3, 0.4) is 0 Å². The maximum atomic E-state index is 12.7. The van der Waals surface area contributed by atoms with Crippen molar-refractivity contribution in [3.05, 3.63) is 29.8 Å². The molecule has 1 atom stereocenters. The average molecular weight is 324 g/mol. The highest BCUT2D eigenvalue weighted by molar-refractivity contribution is 6.18. The van der Waals surface area contributed by atoms with Gasteiger partial charge in [-0.25, -0.2) is 0 Å². The van der Waals surface area contributed by atoms with Gasteiger partial charge in [-0.1, -0.05) is 6.07 Å². The van der Waals surface area contributed by atoms with Gasteiger partial charge in [0.1, 0.15) is 12.6 Å². The molecule has 3 nitrogen and oxygen atoms in total. The van der Waals surface area contributed by atoms with Crippen LogP contribution in [0.15, 0.2) is 24.3 Å². The summed E-state index contributed by atoms with van der Waals surface area (Å²) in [6.07, 6.45) is -4.84. The molecule has 1 heterocycles. The van der Waals surface area contributed by atoms with Crippen LogP contribution in [-0.2, 0) is 6.18 Å². The number of hydrogen-bond acceptors (Lipinski definition) is 2. The van der Waals surface area contributed by atoms with Gasteiger partial charge in [-0.05, 0) is 18.2 Å². The minimum absolute atomic E-state index is 0.209. The van der Waals surface area contributed by atoms with Crippen LogP contribution < -0.4 is 9.80 Å². The molecular weight excluding hydrogens is 305 g/mol. The summed E-state index contributed by atoms with van der Waals surface area (Å²) >= 11 is 5.58. The normalized spacial score (nSPS) is 18.8. The molecular formula is C14H19ClF3N2O+. The van der Waals surface area contributed by atoms with Crippen molar-refractivity contribution in [2.75, 3.05) is 43.5 Å². The molecule has 118 valence electrons. The molecule has 1 aromatic carbocycles. The number of nitrogens with one attached hydrogen (secondary N) is 1. The molecule has 2 rings (SSSR count). The van der Waals surface area contributed by atoms with Gasteiger partial charge in [0.15, 0.2) is 0 Å². The second-order valence-electron chi connectivity index (χ2n) is 5.30. The lowest BCUT2D eigenvalue weighted by molar-refractivity contribution is -0.903. The highest BCUT2D eigenvalue weighted by Crippen LogP contribution is 2.31. The van der Waals surface area contributed by atoms with E-state index in [9.17, 15) is 18.3 Å². The summed E-state index contributed by atoms with van der Waals surface area (Å²) in [5.41, 5.74) is -0.0193. The van der Waals surface area contributed by atoms with Gasteiger partial charge in [-0.3, -0.25) is 0 Å². The van der Waals surface area contributed by atoms with Gasteiger partial charge in [0, 0.05) is 5.69 Å². The number of alkyl halides is 4. The van der Waals surface area contributed by atoms with Crippen LogP contribution in [0.1, 0.15) is 5.56 Å². The molecule has 0 amide bonds. The Morgan fingerprint density at radius 1 is 1.29 bits per heavy atom. The molecule has 1 saturated heterocycles. The van der Waals surface area contributed by atoms with Crippen molar-refractivity contribution in [3.8, 4) is 0 Å². The Kier molecular flexibility index (Phi) is 5.35. The van der Waals surface area contributed by atoms with E-state index in [2.05, 4.69) is 0 Å². The van der Waals surface area contributed by atoms with E-state index in [-0.39, 0.29) is 5.88 Å². The number of quaternary nitrogens is 1. The Morgan fingerprint density at radius 3 is 2.52 bits per heavy atom. The van der Waals surface area contributed by atoms with Crippen molar-refractivity contribution in [1.82, 2.24) is 0 Å². The maximum absolute atomic E-state index is 12.7. The average Bonchev–Trinajstić information content (AvgIpc) is 2.47. The zero-order chi connectivity index (χ0) is 15.5. The van der Waals surface area contributed by atoms with Gasteiger partial charge < -0.3 is 14.9 Å². The number of hydrogen-bond donors (Lipinski definition) is 2. The van der Waals surface area contributed by atoms with E-state index in [0.29, 0.717) is 25.3 Å². The lowest BCUT2D eigenvalue weighted by Crippen LogP contribution is -3.15. The van der Waals surface area contributed by atoms with Crippen LogP contribution in [-0.4, -0.2) is 49.8 Å². The second-order valence-corrected chi connectivity index (χ2v) is 5.61. The molecule has 0 spiro atoms. The molecule has 21 heavy (non-hydrogen) atoms. The molecule has 2 N–H and O–H groups in total. The standard InChI is InChI=1S/C14H18ClF3N2O/c15-9-13(21)10-19-4-6-20(7-5-19)12-3-1-2-11(8-12)14(16,17)18/h1-3,8,13,21H,4-7,9-10H2/p+1/t13-/m0/s1. The number of piperazine rings is 1. The molecule has 1 fully saturated rings. The fraction of sp³-hybridized carbons (Fsp3) is 0.571. The number of nitrogens with zero attached hydrogens (tertiary/aromatic N) is 1. The maximum Gasteiger partial charge on any atom is 0.416 e. The Labute approximate surface area is 126 Å². The fourth-order valence-electron chi connectivity index (χ4n) is 2.55. The van der Waals surface area contributed by atoms with Crippen molar-refractivity contribution >= 4 is 17.3 Å². The van der Waals surface area contributed by atoms with E-state index in [1.165, 1.54) is 17.0 Å². The molecule has 0 saturated carbocycles. The first-order valence-corrected chi connectivity index (χ1v) is 7.43. The molecule has 1 aliphatic rings. The Balaban J connectivity index is 1.96. The number of aliphatic hydroxyl groups is 1. The topological polar surface area (TPSA) is 27.9 Å². The minimum Gasteiger partial charge on any atom is -0.386 e. The third-order valence-electron chi connectivity index (χ3n) is 3.71. The number of halogens is 4. The van der Waals surface area contributed by atoms with Crippen LogP contribution >= 0.6 is 11.6 Å². The van der Waals surface area contributed by atoms with Crippen molar-refractivity contribution in [2.24, 2.45) is 0 Å².